The predicted molar refractivity (Wildman–Crippen MR) is 92.7 cm³/mol. The van der Waals surface area contributed by atoms with Crippen LogP contribution in [-0.2, 0) is 11.2 Å². The van der Waals surface area contributed by atoms with Gasteiger partial charge in [0, 0.05) is 37.6 Å². The van der Waals surface area contributed by atoms with E-state index in [1.54, 1.807) is 0 Å². The van der Waals surface area contributed by atoms with Gasteiger partial charge in [0.15, 0.2) is 0 Å². The minimum absolute atomic E-state index is 0.723. The van der Waals surface area contributed by atoms with Gasteiger partial charge in [-0.1, -0.05) is 6.07 Å². The Morgan fingerprint density at radius 2 is 1.86 bits per heavy atom. The normalized spacial score (nSPS) is 18.5. The van der Waals surface area contributed by atoms with Crippen LogP contribution >= 0.6 is 0 Å². The molecule has 5 nitrogen and oxygen atoms in total. The van der Waals surface area contributed by atoms with Gasteiger partial charge in [-0.05, 0) is 30.5 Å². The van der Waals surface area contributed by atoms with Crippen LogP contribution in [0.4, 0.5) is 11.4 Å². The summed E-state index contributed by atoms with van der Waals surface area (Å²) in [4.78, 5) is 2.50. The van der Waals surface area contributed by atoms with Gasteiger partial charge in [0.25, 0.3) is 0 Å². The maximum atomic E-state index is 5.95. The third-order valence-electron chi connectivity index (χ3n) is 4.50. The Hall–Kier alpha value is -1.30. The summed E-state index contributed by atoms with van der Waals surface area (Å²) in [5.74, 6) is 0. The molecule has 0 aliphatic carbocycles. The number of nitrogens with zero attached hydrogens (tertiary/aromatic N) is 2. The fourth-order valence-electron chi connectivity index (χ4n) is 2.77. The van der Waals surface area contributed by atoms with Crippen molar-refractivity contribution in [3.05, 3.63) is 23.8 Å². The van der Waals surface area contributed by atoms with Crippen molar-refractivity contribution in [3.63, 3.8) is 0 Å². The third kappa shape index (κ3) is 5.48. The Labute approximate surface area is 134 Å². The molecule has 22 heavy (non-hydrogen) atoms. The van der Waals surface area contributed by atoms with Crippen molar-refractivity contribution in [2.45, 2.75) is 12.8 Å². The van der Waals surface area contributed by atoms with Gasteiger partial charge in [0.2, 0.25) is 0 Å². The fourth-order valence-corrected chi connectivity index (χ4v) is 2.77. The quantitative estimate of drug-likeness (QED) is 0.451. The highest BCUT2D eigenvalue weighted by Gasteiger charge is 2.23. The number of hydrogen-bond donors (Lipinski definition) is 2. The average molecular weight is 307 g/mol. The summed E-state index contributed by atoms with van der Waals surface area (Å²) in [7, 11) is 4.60. The summed E-state index contributed by atoms with van der Waals surface area (Å²) in [6.07, 6.45) is 1.94. The fraction of sp³-hybridized carbons (Fsp3) is 0.647. The van der Waals surface area contributed by atoms with Crippen LogP contribution < -0.4 is 11.5 Å². The second-order valence-electron chi connectivity index (χ2n) is 6.90. The molecule has 0 amide bonds. The molecule has 2 rings (SSSR count). The van der Waals surface area contributed by atoms with Crippen LogP contribution in [-0.4, -0.2) is 69.4 Å². The highest BCUT2D eigenvalue weighted by Crippen LogP contribution is 2.17. The molecule has 0 bridgehead atoms. The van der Waals surface area contributed by atoms with Gasteiger partial charge in [-0.15, -0.1) is 0 Å². The van der Waals surface area contributed by atoms with Gasteiger partial charge in [-0.2, -0.15) is 0 Å². The van der Waals surface area contributed by atoms with Crippen LogP contribution in [0.2, 0.25) is 0 Å². The average Bonchev–Trinajstić information content (AvgIpc) is 2.46. The van der Waals surface area contributed by atoms with Crippen molar-refractivity contribution >= 4 is 11.4 Å². The zero-order valence-corrected chi connectivity index (χ0v) is 14.1. The van der Waals surface area contributed by atoms with Crippen molar-refractivity contribution in [3.8, 4) is 0 Å². The van der Waals surface area contributed by atoms with Gasteiger partial charge in [0.1, 0.15) is 0 Å². The Bertz CT molecular complexity index is 466. The van der Waals surface area contributed by atoms with E-state index in [2.05, 4.69) is 19.0 Å². The smallest absolute Gasteiger partial charge is 0.0912 e. The summed E-state index contributed by atoms with van der Waals surface area (Å²) in [6, 6.07) is 5.74. The molecule has 5 heteroatoms. The molecule has 1 aromatic carbocycles. The largest absolute Gasteiger partial charge is 0.399 e. The van der Waals surface area contributed by atoms with Gasteiger partial charge >= 0.3 is 0 Å². The summed E-state index contributed by atoms with van der Waals surface area (Å²) in [5, 5.41) is 0. The monoisotopic (exact) mass is 307 g/mol. The molecular weight excluding hydrogens is 276 g/mol. The van der Waals surface area contributed by atoms with E-state index in [4.69, 9.17) is 16.2 Å². The first-order valence-corrected chi connectivity index (χ1v) is 8.22. The second kappa shape index (κ2) is 7.81. The zero-order valence-electron chi connectivity index (χ0n) is 14.1. The number of hydrogen-bond acceptors (Lipinski definition) is 4. The number of nitrogen functional groups attached to an aromatic ring is 2. The first kappa shape index (κ1) is 17.1. The van der Waals surface area contributed by atoms with Crippen LogP contribution in [0.3, 0.4) is 0 Å². The molecule has 1 fully saturated rings. The van der Waals surface area contributed by atoms with Crippen LogP contribution in [0, 0.1) is 0 Å². The standard InChI is InChI=1S/C17H31N4O/c1-21(2)10-7-20(8-11-21)9-13-22-12-3-4-15-5-6-16(18)14-17(15)19/h5-6,14H,3-4,7-13,18-19H2,1-2H3/q+1. The van der Waals surface area contributed by atoms with Crippen molar-refractivity contribution in [2.75, 3.05) is 71.5 Å². The minimum Gasteiger partial charge on any atom is -0.399 e. The number of likely N-dealkylation sites (N-methyl/N-ethyl adjacent to an activating group) is 1. The van der Waals surface area contributed by atoms with E-state index in [1.807, 2.05) is 18.2 Å². The van der Waals surface area contributed by atoms with Crippen molar-refractivity contribution in [2.24, 2.45) is 0 Å². The molecule has 0 saturated carbocycles. The molecule has 1 aromatic rings. The van der Waals surface area contributed by atoms with Crippen molar-refractivity contribution < 1.29 is 9.22 Å². The second-order valence-corrected chi connectivity index (χ2v) is 6.90. The number of rotatable bonds is 7. The van der Waals surface area contributed by atoms with E-state index in [-0.39, 0.29) is 0 Å². The maximum absolute atomic E-state index is 5.95. The number of ether oxygens (including phenoxy) is 1. The zero-order chi connectivity index (χ0) is 16.0. The van der Waals surface area contributed by atoms with E-state index in [0.29, 0.717) is 0 Å². The molecule has 0 aromatic heterocycles. The first-order valence-electron chi connectivity index (χ1n) is 8.22. The van der Waals surface area contributed by atoms with Gasteiger partial charge in [-0.25, -0.2) is 0 Å². The topological polar surface area (TPSA) is 64.5 Å². The molecule has 1 saturated heterocycles. The molecule has 1 aliphatic rings. The number of anilines is 2. The van der Waals surface area contributed by atoms with E-state index in [9.17, 15) is 0 Å². The molecule has 0 radical (unpaired) electrons. The molecule has 0 unspecified atom stereocenters. The molecular formula is C17H31N4O+. The van der Waals surface area contributed by atoms with Crippen LogP contribution in [0.25, 0.3) is 0 Å². The molecule has 1 aliphatic heterocycles. The van der Waals surface area contributed by atoms with E-state index < -0.39 is 0 Å². The SMILES string of the molecule is C[N+]1(C)CCN(CCOCCCc2ccc(N)cc2N)CC1. The highest BCUT2D eigenvalue weighted by molar-refractivity contribution is 5.56. The predicted octanol–water partition coefficient (Wildman–Crippen LogP) is 1.19. The van der Waals surface area contributed by atoms with E-state index in [0.717, 1.165) is 54.0 Å². The number of benzene rings is 1. The third-order valence-corrected chi connectivity index (χ3v) is 4.50. The lowest BCUT2D eigenvalue weighted by molar-refractivity contribution is -0.894. The molecule has 4 N–H and O–H groups in total. The van der Waals surface area contributed by atoms with E-state index in [1.165, 1.54) is 26.2 Å². The molecule has 124 valence electrons. The Balaban J connectivity index is 1.54. The van der Waals surface area contributed by atoms with Crippen LogP contribution in [0.1, 0.15) is 12.0 Å². The molecule has 1 heterocycles. The molecule has 0 atom stereocenters. The van der Waals surface area contributed by atoms with Crippen molar-refractivity contribution in [1.82, 2.24) is 4.90 Å². The summed E-state index contributed by atoms with van der Waals surface area (Å²) in [5.41, 5.74) is 14.3. The summed E-state index contributed by atoms with van der Waals surface area (Å²) < 4.78 is 6.90. The summed E-state index contributed by atoms with van der Waals surface area (Å²) in [6.45, 7) is 7.48. The number of nitrogens with two attached hydrogens (primary N) is 2. The van der Waals surface area contributed by atoms with Crippen LogP contribution in [0.5, 0.6) is 0 Å². The Morgan fingerprint density at radius 1 is 1.14 bits per heavy atom. The Morgan fingerprint density at radius 3 is 2.55 bits per heavy atom. The lowest BCUT2D eigenvalue weighted by atomic mass is 10.1. The first-order chi connectivity index (χ1) is 10.5. The minimum atomic E-state index is 0.723. The van der Waals surface area contributed by atoms with Crippen molar-refractivity contribution in [1.29, 1.82) is 0 Å². The van der Waals surface area contributed by atoms with Gasteiger partial charge in [-0.3, -0.25) is 4.90 Å². The number of aryl methyl sites for hydroxylation is 1. The van der Waals surface area contributed by atoms with Gasteiger partial charge in [0.05, 0.1) is 33.8 Å². The number of quaternary nitrogens is 1. The van der Waals surface area contributed by atoms with Gasteiger partial charge < -0.3 is 20.7 Å². The lowest BCUT2D eigenvalue weighted by Gasteiger charge is -2.39. The molecule has 0 spiro atoms. The number of piperazine rings is 1. The Kier molecular flexibility index (Phi) is 6.06. The van der Waals surface area contributed by atoms with Crippen LogP contribution in [0.15, 0.2) is 18.2 Å². The van der Waals surface area contributed by atoms with E-state index >= 15 is 0 Å². The maximum Gasteiger partial charge on any atom is 0.0912 e. The highest BCUT2D eigenvalue weighted by atomic mass is 16.5. The summed E-state index contributed by atoms with van der Waals surface area (Å²) >= 11 is 0. The lowest BCUT2D eigenvalue weighted by Crippen LogP contribution is -2.55.